The number of fused-ring (bicyclic) bond motifs is 3. The summed E-state index contributed by atoms with van der Waals surface area (Å²) in [4.78, 5) is 29.9. The first-order valence-corrected chi connectivity index (χ1v) is 8.33. The molecule has 0 aromatic carbocycles. The van der Waals surface area contributed by atoms with E-state index in [1.54, 1.807) is 43.9 Å². The average molecular weight is 375 g/mol. The number of pyridine rings is 2. The summed E-state index contributed by atoms with van der Waals surface area (Å²) in [6, 6.07) is 5.35. The third-order valence-electron chi connectivity index (χ3n) is 4.19. The Kier molecular flexibility index (Phi) is 3.66. The van der Waals surface area contributed by atoms with E-state index in [1.807, 2.05) is 0 Å². The van der Waals surface area contributed by atoms with Crippen LogP contribution in [-0.2, 0) is 11.3 Å². The van der Waals surface area contributed by atoms with Crippen LogP contribution in [0, 0.1) is 0 Å². The van der Waals surface area contributed by atoms with Crippen molar-refractivity contribution in [1.29, 1.82) is 0 Å². The number of hydrogen-bond donors (Lipinski definition) is 1. The molecule has 138 valence electrons. The number of hydrogen-bond acceptors (Lipinski definition) is 8. The van der Waals surface area contributed by atoms with Crippen LogP contribution in [0.4, 0.5) is 0 Å². The Balaban J connectivity index is 1.63. The summed E-state index contributed by atoms with van der Waals surface area (Å²) >= 11 is 0. The van der Waals surface area contributed by atoms with Gasteiger partial charge in [0.25, 0.3) is 17.3 Å². The summed E-state index contributed by atoms with van der Waals surface area (Å²) in [5.41, 5.74) is 1.10. The first-order chi connectivity index (χ1) is 13.7. The van der Waals surface area contributed by atoms with E-state index >= 15 is 0 Å². The van der Waals surface area contributed by atoms with Crippen LogP contribution in [0.2, 0.25) is 0 Å². The molecule has 5 aromatic rings. The summed E-state index contributed by atoms with van der Waals surface area (Å²) < 4.78 is 7.93. The van der Waals surface area contributed by atoms with Gasteiger partial charge in [0, 0.05) is 37.5 Å². The van der Waals surface area contributed by atoms with E-state index in [4.69, 9.17) is 4.74 Å². The number of aromatic amines is 1. The minimum atomic E-state index is -0.309. The quantitative estimate of drug-likeness (QED) is 0.487. The van der Waals surface area contributed by atoms with Crippen molar-refractivity contribution in [3.63, 3.8) is 0 Å². The zero-order chi connectivity index (χ0) is 19.1. The molecular formula is C17H13N9O2. The minimum Gasteiger partial charge on any atom is -0.377 e. The Labute approximate surface area is 156 Å². The topological polar surface area (TPSA) is 129 Å². The Hall–Kier alpha value is -3.99. The van der Waals surface area contributed by atoms with Crippen LogP contribution in [0.3, 0.4) is 0 Å². The van der Waals surface area contributed by atoms with Crippen molar-refractivity contribution in [1.82, 2.24) is 44.3 Å². The van der Waals surface area contributed by atoms with Crippen LogP contribution < -0.4 is 5.56 Å². The number of ether oxygens (including phenoxy) is 1. The summed E-state index contributed by atoms with van der Waals surface area (Å²) in [5.74, 6) is 1.66. The van der Waals surface area contributed by atoms with Crippen LogP contribution in [0.25, 0.3) is 34.0 Å². The second-order valence-corrected chi connectivity index (χ2v) is 5.94. The van der Waals surface area contributed by atoms with Crippen molar-refractivity contribution >= 4 is 16.7 Å². The van der Waals surface area contributed by atoms with E-state index in [0.717, 1.165) is 5.56 Å². The Morgan fingerprint density at radius 1 is 1.18 bits per heavy atom. The molecule has 0 unspecified atom stereocenters. The van der Waals surface area contributed by atoms with Crippen molar-refractivity contribution in [3.8, 4) is 17.3 Å². The zero-order valence-electron chi connectivity index (χ0n) is 14.6. The van der Waals surface area contributed by atoms with Crippen LogP contribution in [0.1, 0.15) is 5.82 Å². The SMILES string of the molecule is COCc1nc2ncc3c(=O)n(-c4n[nH]c(-c5ccncc5)n4)ccc3n2n1. The minimum absolute atomic E-state index is 0.234. The zero-order valence-corrected chi connectivity index (χ0v) is 14.6. The second-order valence-electron chi connectivity index (χ2n) is 5.94. The maximum atomic E-state index is 13.0. The molecule has 0 saturated heterocycles. The molecule has 0 bridgehead atoms. The fourth-order valence-electron chi connectivity index (χ4n) is 2.91. The average Bonchev–Trinajstić information content (AvgIpc) is 3.36. The maximum Gasteiger partial charge on any atom is 0.268 e. The van der Waals surface area contributed by atoms with Crippen LogP contribution in [-0.4, -0.2) is 51.4 Å². The van der Waals surface area contributed by atoms with Gasteiger partial charge in [0.2, 0.25) is 0 Å². The predicted octanol–water partition coefficient (Wildman–Crippen LogP) is 0.755. The van der Waals surface area contributed by atoms with Gasteiger partial charge in [-0.1, -0.05) is 0 Å². The summed E-state index contributed by atoms with van der Waals surface area (Å²) in [7, 11) is 1.56. The highest BCUT2D eigenvalue weighted by atomic mass is 16.5. The number of H-pyrrole nitrogens is 1. The molecule has 28 heavy (non-hydrogen) atoms. The highest BCUT2D eigenvalue weighted by Crippen LogP contribution is 2.15. The van der Waals surface area contributed by atoms with Crippen molar-refractivity contribution in [2.45, 2.75) is 6.61 Å². The molecular weight excluding hydrogens is 362 g/mol. The molecule has 0 amide bonds. The van der Waals surface area contributed by atoms with Gasteiger partial charge in [-0.2, -0.15) is 14.5 Å². The lowest BCUT2D eigenvalue weighted by molar-refractivity contribution is 0.178. The van der Waals surface area contributed by atoms with E-state index in [2.05, 4.69) is 35.2 Å². The lowest BCUT2D eigenvalue weighted by Gasteiger charge is -2.03. The molecule has 11 heteroatoms. The smallest absolute Gasteiger partial charge is 0.268 e. The number of nitrogens with zero attached hydrogens (tertiary/aromatic N) is 8. The fraction of sp³-hybridized carbons (Fsp3) is 0.118. The molecule has 5 aromatic heterocycles. The molecule has 0 spiro atoms. The molecule has 1 N–H and O–H groups in total. The van der Waals surface area contributed by atoms with Gasteiger partial charge in [-0.05, 0) is 18.2 Å². The second kappa shape index (κ2) is 6.32. The molecule has 0 aliphatic heterocycles. The van der Waals surface area contributed by atoms with Gasteiger partial charge < -0.3 is 4.74 Å². The predicted molar refractivity (Wildman–Crippen MR) is 97.8 cm³/mol. The molecule has 11 nitrogen and oxygen atoms in total. The number of aromatic nitrogens is 9. The molecule has 0 saturated carbocycles. The Morgan fingerprint density at radius 3 is 2.86 bits per heavy atom. The third kappa shape index (κ3) is 2.53. The van der Waals surface area contributed by atoms with Gasteiger partial charge in [0.05, 0.1) is 10.9 Å². The standard InChI is InChI=1S/C17H13N9O2/c1-28-9-13-20-16-19-8-11-12(26(16)24-13)4-7-25(15(11)27)17-21-14(22-23-17)10-2-5-18-6-3-10/h2-8H,9H2,1H3,(H,21,22,23). The first kappa shape index (κ1) is 16.2. The van der Waals surface area contributed by atoms with Gasteiger partial charge in [-0.25, -0.2) is 9.55 Å². The van der Waals surface area contributed by atoms with Crippen molar-refractivity contribution in [2.75, 3.05) is 7.11 Å². The van der Waals surface area contributed by atoms with Gasteiger partial charge >= 0.3 is 0 Å². The van der Waals surface area contributed by atoms with Gasteiger partial charge in [-0.15, -0.1) is 10.2 Å². The Morgan fingerprint density at radius 2 is 2.04 bits per heavy atom. The number of rotatable bonds is 4. The van der Waals surface area contributed by atoms with E-state index in [1.165, 1.54) is 15.3 Å². The highest BCUT2D eigenvalue weighted by molar-refractivity contribution is 5.78. The number of nitrogens with one attached hydrogen (secondary N) is 1. The van der Waals surface area contributed by atoms with Crippen molar-refractivity contribution in [2.24, 2.45) is 0 Å². The monoisotopic (exact) mass is 375 g/mol. The maximum absolute atomic E-state index is 13.0. The van der Waals surface area contributed by atoms with Gasteiger partial charge in [0.1, 0.15) is 6.61 Å². The van der Waals surface area contributed by atoms with E-state index in [9.17, 15) is 4.79 Å². The van der Waals surface area contributed by atoms with Crippen LogP contribution in [0.15, 0.2) is 47.8 Å². The highest BCUT2D eigenvalue weighted by Gasteiger charge is 2.14. The molecule has 5 rings (SSSR count). The fourth-order valence-corrected chi connectivity index (χ4v) is 2.91. The van der Waals surface area contributed by atoms with E-state index in [-0.39, 0.29) is 18.1 Å². The largest absolute Gasteiger partial charge is 0.377 e. The molecule has 0 radical (unpaired) electrons. The summed E-state index contributed by atoms with van der Waals surface area (Å²) in [5, 5.41) is 11.7. The molecule has 0 fully saturated rings. The third-order valence-corrected chi connectivity index (χ3v) is 4.19. The molecule has 0 aliphatic rings. The van der Waals surface area contributed by atoms with E-state index < -0.39 is 0 Å². The molecule has 0 atom stereocenters. The first-order valence-electron chi connectivity index (χ1n) is 8.33. The lowest BCUT2D eigenvalue weighted by atomic mass is 10.3. The van der Waals surface area contributed by atoms with E-state index in [0.29, 0.717) is 28.3 Å². The van der Waals surface area contributed by atoms with Crippen molar-refractivity contribution in [3.05, 3.63) is 59.2 Å². The lowest BCUT2D eigenvalue weighted by Crippen LogP contribution is -2.20. The van der Waals surface area contributed by atoms with Gasteiger partial charge in [-0.3, -0.25) is 14.9 Å². The number of methoxy groups -OCH3 is 1. The van der Waals surface area contributed by atoms with Gasteiger partial charge in [0.15, 0.2) is 11.6 Å². The Bertz CT molecular complexity index is 1350. The molecule has 5 heterocycles. The van der Waals surface area contributed by atoms with Crippen LogP contribution >= 0.6 is 0 Å². The molecule has 0 aliphatic carbocycles. The summed E-state index contributed by atoms with van der Waals surface area (Å²) in [6.45, 7) is 0.261. The van der Waals surface area contributed by atoms with Crippen LogP contribution in [0.5, 0.6) is 0 Å². The van der Waals surface area contributed by atoms with Crippen molar-refractivity contribution < 1.29 is 4.74 Å². The summed E-state index contributed by atoms with van der Waals surface area (Å²) in [6.07, 6.45) is 6.39. The normalized spacial score (nSPS) is 11.5.